The maximum atomic E-state index is 13.1. The van der Waals surface area contributed by atoms with Gasteiger partial charge in [-0.1, -0.05) is 11.6 Å². The maximum absolute atomic E-state index is 13.1. The second-order valence-corrected chi connectivity index (χ2v) is 5.06. The van der Waals surface area contributed by atoms with Crippen molar-refractivity contribution in [1.82, 2.24) is 4.98 Å². The molecular formula is C16H11ClFNO2. The summed E-state index contributed by atoms with van der Waals surface area (Å²) in [6, 6.07) is 11.2. The van der Waals surface area contributed by atoms with Crippen molar-refractivity contribution >= 4 is 28.5 Å². The number of aromatic amines is 1. The molecule has 0 amide bonds. The van der Waals surface area contributed by atoms with Crippen molar-refractivity contribution in [3.05, 3.63) is 53.3 Å². The topological polar surface area (TPSA) is 42.1 Å². The number of nitrogens with one attached hydrogen (secondary N) is 1. The average Bonchev–Trinajstić information content (AvgIpc) is 2.77. The number of hydrogen-bond donors (Lipinski definition) is 1. The van der Waals surface area contributed by atoms with Crippen LogP contribution in [0.3, 0.4) is 0 Å². The first-order valence-electron chi connectivity index (χ1n) is 6.30. The molecule has 0 saturated carbocycles. The molecule has 1 aromatic heterocycles. The summed E-state index contributed by atoms with van der Waals surface area (Å²) < 4.78 is 18.4. The Morgan fingerprint density at radius 2 is 1.90 bits per heavy atom. The van der Waals surface area contributed by atoms with E-state index in [-0.39, 0.29) is 5.82 Å². The SMILES string of the molecule is CC(=O)Oc1c(-c2ccc(F)cc2)[nH]c2ccc(Cl)cc12. The standard InChI is InChI=1S/C16H11ClFNO2/c1-9(20)21-16-13-8-11(17)4-7-14(13)19-15(16)10-2-5-12(18)6-3-10/h2-8,19H,1H3. The minimum atomic E-state index is -0.431. The highest BCUT2D eigenvalue weighted by molar-refractivity contribution is 6.31. The summed E-state index contributed by atoms with van der Waals surface area (Å²) in [7, 11) is 0. The molecule has 0 aliphatic heterocycles. The smallest absolute Gasteiger partial charge is 0.308 e. The third kappa shape index (κ3) is 2.62. The van der Waals surface area contributed by atoms with Crippen LogP contribution in [0.15, 0.2) is 42.5 Å². The van der Waals surface area contributed by atoms with Crippen LogP contribution in [-0.2, 0) is 4.79 Å². The molecule has 106 valence electrons. The number of aromatic nitrogens is 1. The van der Waals surface area contributed by atoms with Gasteiger partial charge in [0.25, 0.3) is 0 Å². The summed E-state index contributed by atoms with van der Waals surface area (Å²) in [5, 5.41) is 1.25. The molecule has 2 aromatic carbocycles. The zero-order valence-electron chi connectivity index (χ0n) is 11.1. The number of hydrogen-bond acceptors (Lipinski definition) is 2. The number of carbonyl (C=O) groups excluding carboxylic acids is 1. The van der Waals surface area contributed by atoms with Gasteiger partial charge in [-0.05, 0) is 42.5 Å². The van der Waals surface area contributed by atoms with Crippen molar-refractivity contribution in [2.45, 2.75) is 6.92 Å². The Kier molecular flexibility index (Phi) is 3.39. The molecule has 3 rings (SSSR count). The van der Waals surface area contributed by atoms with Crippen molar-refractivity contribution in [3.63, 3.8) is 0 Å². The van der Waals surface area contributed by atoms with Gasteiger partial charge in [0.15, 0.2) is 5.75 Å². The van der Waals surface area contributed by atoms with E-state index in [1.807, 2.05) is 0 Å². The number of ether oxygens (including phenoxy) is 1. The van der Waals surface area contributed by atoms with Gasteiger partial charge in [0.1, 0.15) is 5.82 Å². The van der Waals surface area contributed by atoms with Gasteiger partial charge in [-0.3, -0.25) is 4.79 Å². The molecule has 0 atom stereocenters. The van der Waals surface area contributed by atoms with Crippen LogP contribution >= 0.6 is 11.6 Å². The summed E-state index contributed by atoms with van der Waals surface area (Å²) in [6.45, 7) is 1.33. The molecule has 0 radical (unpaired) electrons. The highest BCUT2D eigenvalue weighted by Gasteiger charge is 2.16. The molecule has 21 heavy (non-hydrogen) atoms. The highest BCUT2D eigenvalue weighted by Crippen LogP contribution is 2.38. The molecule has 0 bridgehead atoms. The molecule has 0 unspecified atom stereocenters. The first-order valence-corrected chi connectivity index (χ1v) is 6.68. The van der Waals surface area contributed by atoms with Crippen LogP contribution in [0.25, 0.3) is 22.2 Å². The first kappa shape index (κ1) is 13.6. The Morgan fingerprint density at radius 1 is 1.19 bits per heavy atom. The second kappa shape index (κ2) is 5.22. The van der Waals surface area contributed by atoms with E-state index in [1.54, 1.807) is 30.3 Å². The zero-order chi connectivity index (χ0) is 15.0. The normalized spacial score (nSPS) is 10.8. The minimum Gasteiger partial charge on any atom is -0.424 e. The van der Waals surface area contributed by atoms with Crippen molar-refractivity contribution in [2.75, 3.05) is 0 Å². The van der Waals surface area contributed by atoms with Crippen LogP contribution < -0.4 is 4.74 Å². The summed E-state index contributed by atoms with van der Waals surface area (Å²) in [4.78, 5) is 14.5. The van der Waals surface area contributed by atoms with Gasteiger partial charge in [-0.2, -0.15) is 0 Å². The van der Waals surface area contributed by atoms with Crippen molar-refractivity contribution in [3.8, 4) is 17.0 Å². The zero-order valence-corrected chi connectivity index (χ0v) is 11.9. The fourth-order valence-corrected chi connectivity index (χ4v) is 2.38. The van der Waals surface area contributed by atoms with Crippen LogP contribution in [0.5, 0.6) is 5.75 Å². The van der Waals surface area contributed by atoms with Gasteiger partial charge in [-0.15, -0.1) is 0 Å². The van der Waals surface area contributed by atoms with Crippen molar-refractivity contribution < 1.29 is 13.9 Å². The second-order valence-electron chi connectivity index (χ2n) is 4.62. The Morgan fingerprint density at radius 3 is 2.57 bits per heavy atom. The van der Waals surface area contributed by atoms with Crippen LogP contribution in [0.2, 0.25) is 5.02 Å². The molecule has 0 spiro atoms. The van der Waals surface area contributed by atoms with Crippen LogP contribution in [0.4, 0.5) is 4.39 Å². The number of esters is 1. The van der Waals surface area contributed by atoms with Gasteiger partial charge >= 0.3 is 5.97 Å². The van der Waals surface area contributed by atoms with E-state index in [2.05, 4.69) is 4.98 Å². The van der Waals surface area contributed by atoms with Gasteiger partial charge in [0, 0.05) is 28.4 Å². The van der Waals surface area contributed by atoms with E-state index in [1.165, 1.54) is 19.1 Å². The number of benzene rings is 2. The van der Waals surface area contributed by atoms with Crippen LogP contribution in [0, 0.1) is 5.82 Å². The molecule has 3 nitrogen and oxygen atoms in total. The predicted molar refractivity (Wildman–Crippen MR) is 80.0 cm³/mol. The summed E-state index contributed by atoms with van der Waals surface area (Å²) in [5.41, 5.74) is 2.12. The van der Waals surface area contributed by atoms with E-state index in [0.29, 0.717) is 21.9 Å². The number of halogens is 2. The Hall–Kier alpha value is -2.33. The Labute approximate surface area is 125 Å². The summed E-state index contributed by atoms with van der Waals surface area (Å²) in [5.74, 6) is -0.363. The molecule has 0 aliphatic carbocycles. The summed E-state index contributed by atoms with van der Waals surface area (Å²) >= 11 is 6.00. The maximum Gasteiger partial charge on any atom is 0.308 e. The first-order chi connectivity index (χ1) is 10.0. The predicted octanol–water partition coefficient (Wildman–Crippen LogP) is 4.55. The van der Waals surface area contributed by atoms with Gasteiger partial charge in [0.2, 0.25) is 0 Å². The quantitative estimate of drug-likeness (QED) is 0.706. The molecular weight excluding hydrogens is 293 g/mol. The van der Waals surface area contributed by atoms with Crippen molar-refractivity contribution in [1.29, 1.82) is 0 Å². The molecule has 5 heteroatoms. The average molecular weight is 304 g/mol. The lowest BCUT2D eigenvalue weighted by Gasteiger charge is -2.04. The van der Waals surface area contributed by atoms with E-state index >= 15 is 0 Å². The van der Waals surface area contributed by atoms with Crippen LogP contribution in [-0.4, -0.2) is 11.0 Å². The van der Waals surface area contributed by atoms with Gasteiger partial charge in [0.05, 0.1) is 5.69 Å². The lowest BCUT2D eigenvalue weighted by molar-refractivity contribution is -0.131. The van der Waals surface area contributed by atoms with Gasteiger partial charge < -0.3 is 9.72 Å². The molecule has 1 N–H and O–H groups in total. The number of H-pyrrole nitrogens is 1. The Bertz CT molecular complexity index is 824. The van der Waals surface area contributed by atoms with E-state index in [9.17, 15) is 9.18 Å². The lowest BCUT2D eigenvalue weighted by atomic mass is 10.1. The molecule has 3 aromatic rings. The van der Waals surface area contributed by atoms with E-state index < -0.39 is 5.97 Å². The molecule has 0 aliphatic rings. The summed E-state index contributed by atoms with van der Waals surface area (Å²) in [6.07, 6.45) is 0. The Balaban J connectivity index is 2.25. The third-order valence-electron chi connectivity index (χ3n) is 3.09. The van der Waals surface area contributed by atoms with Crippen molar-refractivity contribution in [2.24, 2.45) is 0 Å². The highest BCUT2D eigenvalue weighted by atomic mass is 35.5. The number of rotatable bonds is 2. The van der Waals surface area contributed by atoms with E-state index in [0.717, 1.165) is 11.1 Å². The van der Waals surface area contributed by atoms with Crippen LogP contribution in [0.1, 0.15) is 6.92 Å². The molecule has 0 saturated heterocycles. The fourth-order valence-electron chi connectivity index (χ4n) is 2.21. The van der Waals surface area contributed by atoms with E-state index in [4.69, 9.17) is 16.3 Å². The molecule has 0 fully saturated rings. The van der Waals surface area contributed by atoms with Gasteiger partial charge in [-0.25, -0.2) is 4.39 Å². The molecule has 1 heterocycles. The third-order valence-corrected chi connectivity index (χ3v) is 3.33. The largest absolute Gasteiger partial charge is 0.424 e. The number of carbonyl (C=O) groups is 1. The monoisotopic (exact) mass is 303 g/mol. The minimum absolute atomic E-state index is 0.327. The number of fused-ring (bicyclic) bond motifs is 1. The fraction of sp³-hybridized carbons (Fsp3) is 0.0625. The lowest BCUT2D eigenvalue weighted by Crippen LogP contribution is -2.01.